The van der Waals surface area contributed by atoms with Crippen LogP contribution in [0.5, 0.6) is 0 Å². The topological polar surface area (TPSA) is 62.5 Å². The summed E-state index contributed by atoms with van der Waals surface area (Å²) in [6, 6.07) is 8.87. The second-order valence-electron chi connectivity index (χ2n) is 5.95. The number of benzene rings is 1. The second kappa shape index (κ2) is 8.60. The third kappa shape index (κ3) is 4.21. The molecule has 0 amide bonds. The minimum atomic E-state index is -0.274. The predicted molar refractivity (Wildman–Crippen MR) is 98.2 cm³/mol. The van der Waals surface area contributed by atoms with Crippen LogP contribution in [0.25, 0.3) is 0 Å². The largest absolute Gasteiger partial charge is 0.391 e. The molecule has 0 saturated carbocycles. The maximum Gasteiger partial charge on any atom is 0.101 e. The SMILES string of the molecule is C[C@@H]1CNCCN1c1ccc(N2CC[C@H](O)C2)c(C#N)c1.Cl.Cl. The maximum absolute atomic E-state index is 9.68. The molecule has 2 aliphatic rings. The summed E-state index contributed by atoms with van der Waals surface area (Å²) in [4.78, 5) is 4.45. The molecule has 2 heterocycles. The van der Waals surface area contributed by atoms with Gasteiger partial charge in [0, 0.05) is 44.5 Å². The Bertz CT molecular complexity index is 564. The zero-order chi connectivity index (χ0) is 14.8. The summed E-state index contributed by atoms with van der Waals surface area (Å²) in [6.07, 6.45) is 0.506. The van der Waals surface area contributed by atoms with E-state index < -0.39 is 0 Å². The van der Waals surface area contributed by atoms with Gasteiger partial charge >= 0.3 is 0 Å². The standard InChI is InChI=1S/C16H22N4O.2ClH/c1-12-10-18-5-7-20(12)14-2-3-16(13(8-14)9-17)19-6-4-15(21)11-19;;/h2-3,8,12,15,18,21H,4-7,10-11H2,1H3;2*1H/t12-,15+;;/m1../s1. The number of nitriles is 1. The van der Waals surface area contributed by atoms with Crippen molar-refractivity contribution in [3.05, 3.63) is 23.8 Å². The van der Waals surface area contributed by atoms with Crippen molar-refractivity contribution in [1.82, 2.24) is 5.32 Å². The van der Waals surface area contributed by atoms with Gasteiger partial charge in [-0.05, 0) is 31.5 Å². The van der Waals surface area contributed by atoms with E-state index in [4.69, 9.17) is 0 Å². The van der Waals surface area contributed by atoms with E-state index in [1.54, 1.807) is 0 Å². The van der Waals surface area contributed by atoms with Gasteiger partial charge in [0.05, 0.1) is 17.4 Å². The average molecular weight is 359 g/mol. The molecule has 1 aromatic carbocycles. The fourth-order valence-electron chi connectivity index (χ4n) is 3.25. The minimum Gasteiger partial charge on any atom is -0.391 e. The lowest BCUT2D eigenvalue weighted by Crippen LogP contribution is -2.49. The van der Waals surface area contributed by atoms with E-state index in [0.29, 0.717) is 18.2 Å². The van der Waals surface area contributed by atoms with Crippen molar-refractivity contribution < 1.29 is 5.11 Å². The molecule has 0 spiro atoms. The van der Waals surface area contributed by atoms with Crippen LogP contribution in [-0.2, 0) is 0 Å². The van der Waals surface area contributed by atoms with Crippen molar-refractivity contribution in [2.24, 2.45) is 0 Å². The van der Waals surface area contributed by atoms with Gasteiger partial charge in [0.15, 0.2) is 0 Å². The molecule has 5 nitrogen and oxygen atoms in total. The lowest BCUT2D eigenvalue weighted by Gasteiger charge is -2.36. The molecule has 1 aromatic rings. The summed E-state index contributed by atoms with van der Waals surface area (Å²) < 4.78 is 0. The smallest absolute Gasteiger partial charge is 0.101 e. The molecule has 2 atom stereocenters. The van der Waals surface area contributed by atoms with Crippen molar-refractivity contribution in [1.29, 1.82) is 5.26 Å². The molecular weight excluding hydrogens is 335 g/mol. The Morgan fingerprint density at radius 1 is 1.30 bits per heavy atom. The first-order chi connectivity index (χ1) is 10.2. The highest BCUT2D eigenvalue weighted by Gasteiger charge is 2.24. The van der Waals surface area contributed by atoms with Gasteiger partial charge < -0.3 is 20.2 Å². The first-order valence-corrected chi connectivity index (χ1v) is 7.63. The van der Waals surface area contributed by atoms with Crippen LogP contribution in [0.15, 0.2) is 18.2 Å². The fourth-order valence-corrected chi connectivity index (χ4v) is 3.25. The molecule has 2 saturated heterocycles. The second-order valence-corrected chi connectivity index (χ2v) is 5.95. The highest BCUT2D eigenvalue weighted by molar-refractivity contribution is 5.85. The van der Waals surface area contributed by atoms with Gasteiger partial charge in [0.25, 0.3) is 0 Å². The van der Waals surface area contributed by atoms with Crippen molar-refractivity contribution in [3.63, 3.8) is 0 Å². The molecule has 0 aliphatic carbocycles. The van der Waals surface area contributed by atoms with Crippen LogP contribution < -0.4 is 15.1 Å². The maximum atomic E-state index is 9.68. The zero-order valence-electron chi connectivity index (χ0n) is 13.2. The first kappa shape index (κ1) is 19.9. The molecule has 0 aromatic heterocycles. The summed E-state index contributed by atoms with van der Waals surface area (Å²) >= 11 is 0. The number of nitrogens with zero attached hydrogens (tertiary/aromatic N) is 3. The number of hydrogen-bond donors (Lipinski definition) is 2. The molecule has 23 heavy (non-hydrogen) atoms. The molecule has 7 heteroatoms. The van der Waals surface area contributed by atoms with Crippen molar-refractivity contribution in [3.8, 4) is 6.07 Å². The van der Waals surface area contributed by atoms with Gasteiger partial charge in [-0.25, -0.2) is 0 Å². The van der Waals surface area contributed by atoms with E-state index in [9.17, 15) is 10.4 Å². The third-order valence-corrected chi connectivity index (χ3v) is 4.44. The monoisotopic (exact) mass is 358 g/mol. The van der Waals surface area contributed by atoms with Crippen LogP contribution in [0.2, 0.25) is 0 Å². The van der Waals surface area contributed by atoms with Crippen molar-refractivity contribution in [2.45, 2.75) is 25.5 Å². The summed E-state index contributed by atoms with van der Waals surface area (Å²) in [5.41, 5.74) is 2.76. The molecule has 2 fully saturated rings. The van der Waals surface area contributed by atoms with E-state index in [1.165, 1.54) is 0 Å². The van der Waals surface area contributed by atoms with E-state index in [1.807, 2.05) is 12.1 Å². The Morgan fingerprint density at radius 3 is 2.70 bits per heavy atom. The Kier molecular flexibility index (Phi) is 7.43. The zero-order valence-corrected chi connectivity index (χ0v) is 14.9. The summed E-state index contributed by atoms with van der Waals surface area (Å²) in [5, 5.41) is 22.5. The summed E-state index contributed by atoms with van der Waals surface area (Å²) in [5.74, 6) is 0. The number of aliphatic hydroxyl groups is 1. The number of β-amino-alcohol motifs (C(OH)–C–C–N with tert-alkyl or cyclic N) is 1. The van der Waals surface area contributed by atoms with Gasteiger partial charge in [-0.3, -0.25) is 0 Å². The Hall–Kier alpha value is -1.19. The van der Waals surface area contributed by atoms with Gasteiger partial charge in [0.1, 0.15) is 6.07 Å². The van der Waals surface area contributed by atoms with Crippen LogP contribution in [0, 0.1) is 11.3 Å². The summed E-state index contributed by atoms with van der Waals surface area (Å²) in [7, 11) is 0. The first-order valence-electron chi connectivity index (χ1n) is 7.63. The van der Waals surface area contributed by atoms with Crippen LogP contribution >= 0.6 is 24.8 Å². The van der Waals surface area contributed by atoms with E-state index >= 15 is 0 Å². The lowest BCUT2D eigenvalue weighted by atomic mass is 10.1. The molecule has 0 unspecified atom stereocenters. The highest BCUT2D eigenvalue weighted by Crippen LogP contribution is 2.29. The van der Waals surface area contributed by atoms with E-state index in [-0.39, 0.29) is 30.9 Å². The number of nitrogens with one attached hydrogen (secondary N) is 1. The molecule has 3 rings (SSSR count). The molecule has 2 aliphatic heterocycles. The normalized spacial score (nSPS) is 23.7. The number of anilines is 2. The van der Waals surface area contributed by atoms with E-state index in [0.717, 1.165) is 44.0 Å². The van der Waals surface area contributed by atoms with E-state index in [2.05, 4.69) is 34.2 Å². The molecular formula is C16H24Cl2N4O. The Labute approximate surface area is 150 Å². The van der Waals surface area contributed by atoms with Gasteiger partial charge in [-0.15, -0.1) is 24.8 Å². The fraction of sp³-hybridized carbons (Fsp3) is 0.562. The lowest BCUT2D eigenvalue weighted by molar-refractivity contribution is 0.198. The van der Waals surface area contributed by atoms with Crippen LogP contribution in [0.4, 0.5) is 11.4 Å². The number of rotatable bonds is 2. The van der Waals surface area contributed by atoms with Crippen LogP contribution in [0.3, 0.4) is 0 Å². The molecule has 2 N–H and O–H groups in total. The Morgan fingerprint density at radius 2 is 2.09 bits per heavy atom. The number of halogens is 2. The van der Waals surface area contributed by atoms with Crippen molar-refractivity contribution in [2.75, 3.05) is 42.5 Å². The molecule has 0 radical (unpaired) electrons. The quantitative estimate of drug-likeness (QED) is 0.843. The predicted octanol–water partition coefficient (Wildman–Crippen LogP) is 1.77. The molecule has 0 bridgehead atoms. The molecule has 128 valence electrons. The highest BCUT2D eigenvalue weighted by atomic mass is 35.5. The van der Waals surface area contributed by atoms with Crippen LogP contribution in [0.1, 0.15) is 18.9 Å². The van der Waals surface area contributed by atoms with Gasteiger partial charge in [-0.1, -0.05) is 0 Å². The minimum absolute atomic E-state index is 0. The van der Waals surface area contributed by atoms with Crippen LogP contribution in [-0.4, -0.2) is 50.0 Å². The van der Waals surface area contributed by atoms with Gasteiger partial charge in [0.2, 0.25) is 0 Å². The Balaban J connectivity index is 0.00000132. The van der Waals surface area contributed by atoms with Crippen molar-refractivity contribution >= 4 is 36.2 Å². The van der Waals surface area contributed by atoms with Gasteiger partial charge in [-0.2, -0.15) is 5.26 Å². The average Bonchev–Trinajstić information content (AvgIpc) is 2.93. The number of piperazine rings is 1. The number of aliphatic hydroxyl groups excluding tert-OH is 1. The third-order valence-electron chi connectivity index (χ3n) is 4.44. The summed E-state index contributed by atoms with van der Waals surface area (Å²) in [6.45, 7) is 6.56. The number of hydrogen-bond acceptors (Lipinski definition) is 5.